The second kappa shape index (κ2) is 5.11. The summed E-state index contributed by atoms with van der Waals surface area (Å²) in [5.74, 6) is 0. The van der Waals surface area contributed by atoms with Crippen molar-refractivity contribution in [3.8, 4) is 5.69 Å². The average Bonchev–Trinajstić information content (AvgIpc) is 2.51. The molecule has 0 amide bonds. The Hall–Kier alpha value is -1.85. The number of H-pyrrole nitrogens is 1. The lowest BCUT2D eigenvalue weighted by Gasteiger charge is -2.22. The molecule has 4 rings (SSSR count). The third kappa shape index (κ3) is 1.96. The molecule has 0 saturated carbocycles. The molecule has 5 heteroatoms. The first-order chi connectivity index (χ1) is 10.7. The van der Waals surface area contributed by atoms with Crippen LogP contribution in [0.1, 0.15) is 18.9 Å². The Morgan fingerprint density at radius 3 is 2.91 bits per heavy atom. The summed E-state index contributed by atoms with van der Waals surface area (Å²) in [6.45, 7) is 2.17. The van der Waals surface area contributed by atoms with E-state index in [0.29, 0.717) is 10.2 Å². The Kier molecular flexibility index (Phi) is 3.20. The number of para-hydroxylation sites is 1. The smallest absolute Gasteiger partial charge is 0.259 e. The number of nitrogens with zero attached hydrogens (tertiary/aromatic N) is 1. The van der Waals surface area contributed by atoms with E-state index in [1.165, 1.54) is 10.5 Å². The fraction of sp³-hybridized carbons (Fsp3) is 0.176. The number of nitrogens with one attached hydrogen (secondary N) is 1. The zero-order valence-electron chi connectivity index (χ0n) is 12.1. The molecule has 1 N–H and O–H groups in total. The number of benzene rings is 2. The van der Waals surface area contributed by atoms with E-state index in [9.17, 15) is 4.79 Å². The Balaban J connectivity index is 2.14. The molecule has 0 aliphatic carbocycles. The van der Waals surface area contributed by atoms with Crippen LogP contribution in [0.25, 0.3) is 16.6 Å². The number of aromatic nitrogens is 2. The standard InChI is InChI=1S/C17H14N2OS2/c1-2-4-10-7-8-13-12(9-10)19-15-11(16(20)18-17(19)21)5-3-6-14(15)22-13/h3,5-9H,2,4H2,1H3,(H,18,20,21). The molecule has 22 heavy (non-hydrogen) atoms. The van der Waals surface area contributed by atoms with Gasteiger partial charge in [-0.05, 0) is 48.5 Å². The zero-order chi connectivity index (χ0) is 15.3. The van der Waals surface area contributed by atoms with Gasteiger partial charge in [0.25, 0.3) is 5.56 Å². The van der Waals surface area contributed by atoms with Crippen molar-refractivity contribution in [3.05, 3.63) is 57.1 Å². The molecule has 3 nitrogen and oxygen atoms in total. The van der Waals surface area contributed by atoms with E-state index in [1.807, 2.05) is 22.8 Å². The molecule has 110 valence electrons. The van der Waals surface area contributed by atoms with E-state index in [1.54, 1.807) is 11.8 Å². The number of aromatic amines is 1. The zero-order valence-corrected chi connectivity index (χ0v) is 13.7. The second-order valence-corrected chi connectivity index (χ2v) is 6.87. The quantitative estimate of drug-likeness (QED) is 0.552. The van der Waals surface area contributed by atoms with E-state index in [4.69, 9.17) is 12.2 Å². The molecule has 0 bridgehead atoms. The number of fused-ring (bicyclic) bond motifs is 2. The van der Waals surface area contributed by atoms with Crippen molar-refractivity contribution in [1.29, 1.82) is 0 Å². The summed E-state index contributed by atoms with van der Waals surface area (Å²) < 4.78 is 2.46. The van der Waals surface area contributed by atoms with Crippen LogP contribution in [-0.2, 0) is 6.42 Å². The Morgan fingerprint density at radius 2 is 2.09 bits per heavy atom. The van der Waals surface area contributed by atoms with Crippen LogP contribution < -0.4 is 5.56 Å². The van der Waals surface area contributed by atoms with Crippen LogP contribution in [0.5, 0.6) is 0 Å². The minimum absolute atomic E-state index is 0.119. The van der Waals surface area contributed by atoms with Crippen molar-refractivity contribution >= 4 is 34.9 Å². The van der Waals surface area contributed by atoms with Crippen molar-refractivity contribution in [3.63, 3.8) is 0 Å². The summed E-state index contributed by atoms with van der Waals surface area (Å²) in [4.78, 5) is 17.2. The first kappa shape index (κ1) is 13.8. The maximum absolute atomic E-state index is 12.2. The highest BCUT2D eigenvalue weighted by Gasteiger charge is 2.20. The van der Waals surface area contributed by atoms with Crippen molar-refractivity contribution in [2.45, 2.75) is 29.6 Å². The van der Waals surface area contributed by atoms with Gasteiger partial charge in [0.15, 0.2) is 4.77 Å². The third-order valence-corrected chi connectivity index (χ3v) is 5.31. The lowest BCUT2D eigenvalue weighted by Crippen LogP contribution is -2.16. The Bertz CT molecular complexity index is 1020. The van der Waals surface area contributed by atoms with E-state index in [0.717, 1.165) is 28.9 Å². The molecule has 0 atom stereocenters. The summed E-state index contributed by atoms with van der Waals surface area (Å²) >= 11 is 7.14. The molecule has 3 aromatic rings. The van der Waals surface area contributed by atoms with Crippen molar-refractivity contribution in [2.75, 3.05) is 0 Å². The van der Waals surface area contributed by atoms with Gasteiger partial charge in [0, 0.05) is 9.79 Å². The van der Waals surface area contributed by atoms with Crippen LogP contribution in [0.2, 0.25) is 0 Å². The van der Waals surface area contributed by atoms with Crippen LogP contribution >= 0.6 is 24.0 Å². The maximum Gasteiger partial charge on any atom is 0.259 e. The van der Waals surface area contributed by atoms with Crippen LogP contribution in [0.15, 0.2) is 51.0 Å². The Morgan fingerprint density at radius 1 is 1.23 bits per heavy atom. The first-order valence-corrected chi connectivity index (χ1v) is 8.50. The van der Waals surface area contributed by atoms with Gasteiger partial charge in [-0.3, -0.25) is 14.3 Å². The van der Waals surface area contributed by atoms with E-state index in [2.05, 4.69) is 30.1 Å². The normalized spacial score (nSPS) is 12.4. The monoisotopic (exact) mass is 326 g/mol. The largest absolute Gasteiger partial charge is 0.298 e. The van der Waals surface area contributed by atoms with Crippen LogP contribution in [0.3, 0.4) is 0 Å². The van der Waals surface area contributed by atoms with Crippen molar-refractivity contribution in [2.24, 2.45) is 0 Å². The Labute approximate surface area is 137 Å². The van der Waals surface area contributed by atoms with Gasteiger partial charge < -0.3 is 0 Å². The predicted molar refractivity (Wildman–Crippen MR) is 92.8 cm³/mol. The highest BCUT2D eigenvalue weighted by Crippen LogP contribution is 2.42. The molecule has 2 aromatic carbocycles. The highest BCUT2D eigenvalue weighted by molar-refractivity contribution is 7.99. The molecule has 0 radical (unpaired) electrons. The van der Waals surface area contributed by atoms with Crippen molar-refractivity contribution in [1.82, 2.24) is 9.55 Å². The lowest BCUT2D eigenvalue weighted by atomic mass is 10.1. The maximum atomic E-state index is 12.2. The molecule has 1 aliphatic rings. The van der Waals surface area contributed by atoms with E-state index >= 15 is 0 Å². The minimum atomic E-state index is -0.119. The molecule has 0 spiro atoms. The fourth-order valence-electron chi connectivity index (χ4n) is 2.96. The van der Waals surface area contributed by atoms with Crippen LogP contribution in [0.4, 0.5) is 0 Å². The number of hydrogen-bond acceptors (Lipinski definition) is 3. The SMILES string of the molecule is CCCc1ccc2c(c1)-n1c(=S)[nH]c(=O)c3cccc(c31)S2. The van der Waals surface area contributed by atoms with Gasteiger partial charge in [0.1, 0.15) is 0 Å². The average molecular weight is 326 g/mol. The molecular weight excluding hydrogens is 312 g/mol. The number of hydrogen-bond donors (Lipinski definition) is 1. The van der Waals surface area contributed by atoms with Gasteiger partial charge in [-0.15, -0.1) is 0 Å². The first-order valence-electron chi connectivity index (χ1n) is 7.28. The van der Waals surface area contributed by atoms with Gasteiger partial charge in [-0.25, -0.2) is 0 Å². The lowest BCUT2D eigenvalue weighted by molar-refractivity contribution is 0.902. The molecular formula is C17H14N2OS2. The van der Waals surface area contributed by atoms with E-state index in [-0.39, 0.29) is 5.56 Å². The van der Waals surface area contributed by atoms with Crippen LogP contribution in [-0.4, -0.2) is 9.55 Å². The molecule has 0 saturated heterocycles. The topological polar surface area (TPSA) is 37.8 Å². The summed E-state index contributed by atoms with van der Waals surface area (Å²) in [6, 6.07) is 12.3. The van der Waals surface area contributed by atoms with Gasteiger partial charge in [-0.1, -0.05) is 37.2 Å². The van der Waals surface area contributed by atoms with E-state index < -0.39 is 0 Å². The number of rotatable bonds is 2. The third-order valence-electron chi connectivity index (χ3n) is 3.91. The molecule has 2 heterocycles. The van der Waals surface area contributed by atoms with Gasteiger partial charge in [-0.2, -0.15) is 0 Å². The fourth-order valence-corrected chi connectivity index (χ4v) is 4.31. The molecule has 1 aliphatic heterocycles. The van der Waals surface area contributed by atoms with Crippen LogP contribution in [0, 0.1) is 4.77 Å². The minimum Gasteiger partial charge on any atom is -0.298 e. The molecule has 1 aromatic heterocycles. The second-order valence-electron chi connectivity index (χ2n) is 5.40. The summed E-state index contributed by atoms with van der Waals surface area (Å²) in [5, 5.41) is 0.685. The van der Waals surface area contributed by atoms with Crippen molar-refractivity contribution < 1.29 is 0 Å². The highest BCUT2D eigenvalue weighted by atomic mass is 32.2. The predicted octanol–water partition coefficient (Wildman–Crippen LogP) is 4.47. The van der Waals surface area contributed by atoms with Gasteiger partial charge in [0.2, 0.25) is 0 Å². The summed E-state index contributed by atoms with van der Waals surface area (Å²) in [6.07, 6.45) is 2.15. The molecule has 0 unspecified atom stereocenters. The number of aryl methyl sites for hydroxylation is 1. The van der Waals surface area contributed by atoms with Gasteiger partial charge >= 0.3 is 0 Å². The van der Waals surface area contributed by atoms with Gasteiger partial charge in [0.05, 0.1) is 16.6 Å². The molecule has 0 fully saturated rings. The summed E-state index contributed by atoms with van der Waals surface area (Å²) in [5.41, 5.74) is 3.16. The summed E-state index contributed by atoms with van der Waals surface area (Å²) in [7, 11) is 0.